The highest BCUT2D eigenvalue weighted by Gasteiger charge is 2.17. The molecule has 1 N–H and O–H groups in total. The highest BCUT2D eigenvalue weighted by molar-refractivity contribution is 5.94. The van der Waals surface area contributed by atoms with Gasteiger partial charge in [-0.3, -0.25) is 4.79 Å². The predicted octanol–water partition coefficient (Wildman–Crippen LogP) is 4.29. The summed E-state index contributed by atoms with van der Waals surface area (Å²) in [6.45, 7) is 3.60. The Hall–Kier alpha value is -3.15. The molecule has 0 aliphatic carbocycles. The van der Waals surface area contributed by atoms with E-state index in [-0.39, 0.29) is 5.69 Å². The fraction of sp³-hybridized carbons (Fsp3) is 0.238. The van der Waals surface area contributed by atoms with E-state index in [1.807, 2.05) is 6.92 Å². The second-order valence-corrected chi connectivity index (χ2v) is 6.23. The van der Waals surface area contributed by atoms with Crippen molar-refractivity contribution in [2.45, 2.75) is 32.8 Å². The molecule has 0 aliphatic heterocycles. The van der Waals surface area contributed by atoms with Crippen LogP contribution in [0.15, 0.2) is 57.7 Å². The molecule has 6 heteroatoms. The van der Waals surface area contributed by atoms with Gasteiger partial charge in [0.05, 0.1) is 5.69 Å². The van der Waals surface area contributed by atoms with Gasteiger partial charge in [-0.25, -0.2) is 9.18 Å². The molecule has 1 unspecified atom stereocenters. The highest BCUT2D eigenvalue weighted by Crippen LogP contribution is 2.24. The number of fused-ring (bicyclic) bond motifs is 1. The molecule has 27 heavy (non-hydrogen) atoms. The summed E-state index contributed by atoms with van der Waals surface area (Å²) in [7, 11) is 0. The maximum absolute atomic E-state index is 13.7. The number of aryl methyl sites for hydroxylation is 1. The van der Waals surface area contributed by atoms with Gasteiger partial charge >= 0.3 is 5.63 Å². The Labute approximate surface area is 155 Å². The Morgan fingerprint density at radius 3 is 2.74 bits per heavy atom. The molecule has 0 saturated carbocycles. The zero-order valence-electron chi connectivity index (χ0n) is 15.1. The number of carbonyl (C=O) groups excluding carboxylic acids is 1. The van der Waals surface area contributed by atoms with Gasteiger partial charge < -0.3 is 14.5 Å². The number of nitrogens with one attached hydrogen (secondary N) is 1. The molecular formula is C21H20FNO4. The van der Waals surface area contributed by atoms with Crippen LogP contribution in [0.3, 0.4) is 0 Å². The largest absolute Gasteiger partial charge is 0.481 e. The van der Waals surface area contributed by atoms with E-state index in [1.54, 1.807) is 37.3 Å². The number of carbonyl (C=O) groups is 1. The average Bonchev–Trinajstić information content (AvgIpc) is 2.63. The second kappa shape index (κ2) is 8.03. The molecule has 1 atom stereocenters. The van der Waals surface area contributed by atoms with E-state index in [2.05, 4.69) is 5.32 Å². The minimum atomic E-state index is -0.868. The van der Waals surface area contributed by atoms with Crippen molar-refractivity contribution < 1.29 is 18.3 Å². The molecule has 140 valence electrons. The van der Waals surface area contributed by atoms with Crippen molar-refractivity contribution in [3.8, 4) is 5.75 Å². The number of hydrogen-bond donors (Lipinski definition) is 1. The molecule has 1 amide bonds. The van der Waals surface area contributed by atoms with E-state index >= 15 is 0 Å². The SMILES string of the molecule is CCCc1cc(=O)oc2cc(OC(C)C(=O)Nc3ccccc3F)ccc12. The molecule has 3 aromatic rings. The van der Waals surface area contributed by atoms with Crippen molar-refractivity contribution in [3.05, 3.63) is 70.3 Å². The summed E-state index contributed by atoms with van der Waals surface area (Å²) >= 11 is 0. The van der Waals surface area contributed by atoms with Gasteiger partial charge in [0, 0.05) is 17.5 Å². The minimum absolute atomic E-state index is 0.0895. The normalized spacial score (nSPS) is 12.0. The van der Waals surface area contributed by atoms with Gasteiger partial charge in [0.15, 0.2) is 6.10 Å². The van der Waals surface area contributed by atoms with Crippen molar-refractivity contribution in [1.82, 2.24) is 0 Å². The van der Waals surface area contributed by atoms with Gasteiger partial charge in [0.2, 0.25) is 0 Å². The third kappa shape index (κ3) is 4.34. The third-order valence-corrected chi connectivity index (χ3v) is 4.13. The fourth-order valence-electron chi connectivity index (χ4n) is 2.81. The van der Waals surface area contributed by atoms with Crippen LogP contribution in [0.1, 0.15) is 25.8 Å². The quantitative estimate of drug-likeness (QED) is 0.658. The summed E-state index contributed by atoms with van der Waals surface area (Å²) in [5.41, 5.74) is 0.992. The molecular weight excluding hydrogens is 349 g/mol. The first-order valence-corrected chi connectivity index (χ1v) is 8.76. The van der Waals surface area contributed by atoms with E-state index < -0.39 is 23.5 Å². The number of ether oxygens (including phenoxy) is 1. The van der Waals surface area contributed by atoms with Crippen LogP contribution in [-0.4, -0.2) is 12.0 Å². The molecule has 0 radical (unpaired) electrons. The maximum atomic E-state index is 13.7. The maximum Gasteiger partial charge on any atom is 0.336 e. The highest BCUT2D eigenvalue weighted by atomic mass is 19.1. The Bertz CT molecular complexity index is 1030. The number of para-hydroxylation sites is 1. The van der Waals surface area contributed by atoms with Crippen molar-refractivity contribution in [3.63, 3.8) is 0 Å². The van der Waals surface area contributed by atoms with Crippen molar-refractivity contribution in [1.29, 1.82) is 0 Å². The predicted molar refractivity (Wildman–Crippen MR) is 102 cm³/mol. The molecule has 1 heterocycles. The van der Waals surface area contributed by atoms with Gasteiger partial charge in [-0.15, -0.1) is 0 Å². The van der Waals surface area contributed by atoms with Gasteiger partial charge in [0.25, 0.3) is 5.91 Å². The van der Waals surface area contributed by atoms with E-state index in [0.29, 0.717) is 11.3 Å². The summed E-state index contributed by atoms with van der Waals surface area (Å²) in [5, 5.41) is 3.33. The van der Waals surface area contributed by atoms with E-state index in [4.69, 9.17) is 9.15 Å². The summed E-state index contributed by atoms with van der Waals surface area (Å²) in [4.78, 5) is 24.0. The third-order valence-electron chi connectivity index (χ3n) is 4.13. The van der Waals surface area contributed by atoms with Gasteiger partial charge in [-0.05, 0) is 43.2 Å². The van der Waals surface area contributed by atoms with Gasteiger partial charge in [-0.1, -0.05) is 25.5 Å². The first kappa shape index (κ1) is 18.6. The number of rotatable bonds is 6. The zero-order valence-corrected chi connectivity index (χ0v) is 15.1. The van der Waals surface area contributed by atoms with Crippen LogP contribution in [0.4, 0.5) is 10.1 Å². The lowest BCUT2D eigenvalue weighted by Gasteiger charge is -2.15. The molecule has 2 aromatic carbocycles. The standard InChI is InChI=1S/C21H20FNO4/c1-3-6-14-11-20(24)27-19-12-15(9-10-16(14)19)26-13(2)21(25)23-18-8-5-4-7-17(18)22/h4-5,7-13H,3,6H2,1-2H3,(H,23,25). The van der Waals surface area contributed by atoms with E-state index in [9.17, 15) is 14.0 Å². The van der Waals surface area contributed by atoms with Crippen LogP contribution in [0.2, 0.25) is 0 Å². The average molecular weight is 369 g/mol. The van der Waals surface area contributed by atoms with Crippen LogP contribution < -0.4 is 15.7 Å². The van der Waals surface area contributed by atoms with Gasteiger partial charge in [-0.2, -0.15) is 0 Å². The van der Waals surface area contributed by atoms with E-state index in [0.717, 1.165) is 23.8 Å². The lowest BCUT2D eigenvalue weighted by Crippen LogP contribution is -2.30. The molecule has 0 aliphatic rings. The summed E-state index contributed by atoms with van der Waals surface area (Å²) < 4.78 is 24.6. The molecule has 0 spiro atoms. The minimum Gasteiger partial charge on any atom is -0.481 e. The molecule has 3 rings (SSSR count). The van der Waals surface area contributed by atoms with Gasteiger partial charge in [0.1, 0.15) is 17.1 Å². The molecule has 5 nitrogen and oxygen atoms in total. The summed E-state index contributed by atoms with van der Waals surface area (Å²) in [5.74, 6) is -0.620. The van der Waals surface area contributed by atoms with Crippen LogP contribution in [0.25, 0.3) is 11.0 Å². The second-order valence-electron chi connectivity index (χ2n) is 6.23. The molecule has 0 fully saturated rings. The number of anilines is 1. The first-order valence-electron chi connectivity index (χ1n) is 8.76. The molecule has 0 bridgehead atoms. The van der Waals surface area contributed by atoms with Crippen molar-refractivity contribution >= 4 is 22.6 Å². The Morgan fingerprint density at radius 1 is 1.22 bits per heavy atom. The van der Waals surface area contributed by atoms with E-state index in [1.165, 1.54) is 18.2 Å². The zero-order chi connectivity index (χ0) is 19.4. The molecule has 0 saturated heterocycles. The summed E-state index contributed by atoms with van der Waals surface area (Å²) in [6.07, 6.45) is 0.806. The lowest BCUT2D eigenvalue weighted by molar-refractivity contribution is -0.122. The Kier molecular flexibility index (Phi) is 5.54. The summed E-state index contributed by atoms with van der Waals surface area (Å²) in [6, 6.07) is 12.5. The first-order chi connectivity index (χ1) is 13.0. The van der Waals surface area contributed by atoms with Crippen LogP contribution >= 0.6 is 0 Å². The lowest BCUT2D eigenvalue weighted by atomic mass is 10.1. The monoisotopic (exact) mass is 369 g/mol. The number of amides is 1. The Balaban J connectivity index is 1.78. The number of halogens is 1. The van der Waals surface area contributed by atoms with Crippen LogP contribution in [0, 0.1) is 5.82 Å². The number of hydrogen-bond acceptors (Lipinski definition) is 4. The van der Waals surface area contributed by atoms with Crippen LogP contribution in [-0.2, 0) is 11.2 Å². The van der Waals surface area contributed by atoms with Crippen molar-refractivity contribution in [2.75, 3.05) is 5.32 Å². The molecule has 1 aromatic heterocycles. The van der Waals surface area contributed by atoms with Crippen LogP contribution in [0.5, 0.6) is 5.75 Å². The van der Waals surface area contributed by atoms with Crippen molar-refractivity contribution in [2.24, 2.45) is 0 Å². The Morgan fingerprint density at radius 2 is 2.00 bits per heavy atom. The fourth-order valence-corrected chi connectivity index (χ4v) is 2.81. The topological polar surface area (TPSA) is 68.5 Å². The smallest absolute Gasteiger partial charge is 0.336 e. The number of benzene rings is 2.